The van der Waals surface area contributed by atoms with E-state index >= 15 is 0 Å². The third-order valence-electron chi connectivity index (χ3n) is 5.74. The molecule has 0 atom stereocenters. The summed E-state index contributed by atoms with van der Waals surface area (Å²) in [6.07, 6.45) is 10.0. The van der Waals surface area contributed by atoms with E-state index in [1.54, 1.807) is 24.3 Å². The molecule has 0 unspecified atom stereocenters. The first kappa shape index (κ1) is 22.9. The van der Waals surface area contributed by atoms with Crippen LogP contribution in [0.15, 0.2) is 24.3 Å². The molecule has 0 amide bonds. The topological polar surface area (TPSA) is 26.3 Å². The smallest absolute Gasteiger partial charge is 0.312 e. The number of carbonyl (C=O) groups excluding carboxylic acids is 1. The Morgan fingerprint density at radius 3 is 1.96 bits per heavy atom. The Morgan fingerprint density at radius 1 is 0.917 bits per heavy atom. The summed E-state index contributed by atoms with van der Waals surface area (Å²) in [5.74, 6) is 3.39. The molecule has 4 heteroatoms. The van der Waals surface area contributed by atoms with Gasteiger partial charge in [-0.3, -0.25) is 4.79 Å². The maximum absolute atomic E-state index is 12.3. The summed E-state index contributed by atoms with van der Waals surface area (Å²) in [6.45, 7) is 2.38. The predicted molar refractivity (Wildman–Crippen MR) is 87.5 cm³/mol. The fourth-order valence-electron chi connectivity index (χ4n) is 4.22. The third kappa shape index (κ3) is 6.56. The Bertz CT molecular complexity index is 476. The fraction of sp³-hybridized carbons (Fsp3) is 0.650. The predicted octanol–water partition coefficient (Wildman–Crippen LogP) is 5.02. The van der Waals surface area contributed by atoms with E-state index in [1.165, 1.54) is 38.5 Å². The molecule has 2 nitrogen and oxygen atoms in total. The minimum atomic E-state index is -0.0399. The molecule has 0 spiro atoms. The number of hydrogen-bond acceptors (Lipinski definition) is 2. The van der Waals surface area contributed by atoms with Crippen molar-refractivity contribution < 1.29 is 74.9 Å². The molecule has 0 aliphatic heterocycles. The zero-order valence-electron chi connectivity index (χ0n) is 14.7. The van der Waals surface area contributed by atoms with Crippen LogP contribution in [0, 0.1) is 29.7 Å². The first-order valence-electron chi connectivity index (χ1n) is 8.90. The number of ether oxygens (including phenoxy) is 1. The zero-order valence-corrected chi connectivity index (χ0v) is 20.4. The van der Waals surface area contributed by atoms with Crippen LogP contribution in [0.1, 0.15) is 58.3 Å². The summed E-state index contributed by atoms with van der Waals surface area (Å²) in [5, 5.41) is 0. The summed E-state index contributed by atoms with van der Waals surface area (Å²) in [6, 6.07) is 10.1. The minimum Gasteiger partial charge on any atom is -0.453 e. The summed E-state index contributed by atoms with van der Waals surface area (Å²) in [5.41, 5.74) is 0. The molecule has 0 N–H and O–H groups in total. The molecule has 2 fully saturated rings. The summed E-state index contributed by atoms with van der Waals surface area (Å²) in [7, 11) is 0. The SMILES string of the molecule is CC1CCC(C2CCC(C(=O)Oc3cc[c-]cc3)CC2)CC1.[Y].[Y]. The molecule has 2 radical (unpaired) electrons. The summed E-state index contributed by atoms with van der Waals surface area (Å²) >= 11 is 0. The third-order valence-corrected chi connectivity index (χ3v) is 5.74. The van der Waals surface area contributed by atoms with Crippen molar-refractivity contribution in [3.8, 4) is 5.75 Å². The van der Waals surface area contributed by atoms with Crippen molar-refractivity contribution in [2.45, 2.75) is 58.3 Å². The number of esters is 1. The Kier molecular flexibility index (Phi) is 11.1. The van der Waals surface area contributed by atoms with E-state index < -0.39 is 0 Å². The van der Waals surface area contributed by atoms with Crippen LogP contribution in [0.3, 0.4) is 0 Å². The maximum atomic E-state index is 12.3. The molecule has 24 heavy (non-hydrogen) atoms. The Balaban J connectivity index is 0.00000144. The van der Waals surface area contributed by atoms with Gasteiger partial charge in [0.25, 0.3) is 0 Å². The second-order valence-electron chi connectivity index (χ2n) is 7.29. The second-order valence-corrected chi connectivity index (χ2v) is 7.29. The molecule has 1 aromatic rings. The van der Waals surface area contributed by atoms with Gasteiger partial charge in [0.05, 0.1) is 5.92 Å². The van der Waals surface area contributed by atoms with Gasteiger partial charge in [0.1, 0.15) is 0 Å². The van der Waals surface area contributed by atoms with E-state index in [4.69, 9.17) is 4.74 Å². The molecule has 2 aliphatic rings. The van der Waals surface area contributed by atoms with Crippen molar-refractivity contribution in [3.05, 3.63) is 30.3 Å². The van der Waals surface area contributed by atoms with Gasteiger partial charge >= 0.3 is 5.97 Å². The van der Waals surface area contributed by atoms with Crippen molar-refractivity contribution in [3.63, 3.8) is 0 Å². The van der Waals surface area contributed by atoms with Crippen LogP contribution in [0.5, 0.6) is 5.75 Å². The van der Waals surface area contributed by atoms with Gasteiger partial charge < -0.3 is 4.74 Å². The largest absolute Gasteiger partial charge is 0.453 e. The Morgan fingerprint density at radius 2 is 1.42 bits per heavy atom. The van der Waals surface area contributed by atoms with E-state index in [1.807, 2.05) is 0 Å². The molecule has 0 aromatic heterocycles. The Labute approximate surface area is 197 Å². The molecule has 0 bridgehead atoms. The average molecular weight is 477 g/mol. The van der Waals surface area contributed by atoms with Crippen LogP contribution >= 0.6 is 0 Å². The first-order valence-corrected chi connectivity index (χ1v) is 8.90. The molecule has 3 rings (SSSR count). The molecular formula is C20H27O2Y2-. The Hall–Kier alpha value is 0.898. The normalized spacial score (nSPS) is 29.7. The number of hydrogen-bond donors (Lipinski definition) is 0. The van der Waals surface area contributed by atoms with E-state index in [2.05, 4.69) is 13.0 Å². The van der Waals surface area contributed by atoms with Gasteiger partial charge in [-0.1, -0.05) is 19.8 Å². The van der Waals surface area contributed by atoms with Gasteiger partial charge in [0.15, 0.2) is 0 Å². The molecule has 2 saturated carbocycles. The van der Waals surface area contributed by atoms with Crippen molar-refractivity contribution in [1.29, 1.82) is 0 Å². The van der Waals surface area contributed by atoms with Crippen molar-refractivity contribution in [1.82, 2.24) is 0 Å². The first-order chi connectivity index (χ1) is 10.7. The standard InChI is InChI=1S/C20H27O2.2Y/c1-15-7-9-16(10-8-15)17-11-13-18(14-12-17)20(21)22-19-5-3-2-4-6-19;;/h3-6,15-18H,7-14H2,1H3;;/q-1;;. The van der Waals surface area contributed by atoms with Crippen molar-refractivity contribution in [2.24, 2.45) is 23.7 Å². The number of carbonyl (C=O) groups is 1. The average Bonchev–Trinajstić information content (AvgIpc) is 2.57. The molecule has 126 valence electrons. The van der Waals surface area contributed by atoms with Gasteiger partial charge in [-0.05, 0) is 56.3 Å². The number of rotatable bonds is 3. The molecule has 1 aromatic carbocycles. The van der Waals surface area contributed by atoms with Crippen LogP contribution in [0.2, 0.25) is 0 Å². The van der Waals surface area contributed by atoms with Crippen LogP contribution in [0.25, 0.3) is 0 Å². The number of benzene rings is 1. The second kappa shape index (κ2) is 11.6. The fourth-order valence-corrected chi connectivity index (χ4v) is 4.22. The van der Waals surface area contributed by atoms with Gasteiger partial charge in [-0.25, -0.2) is 0 Å². The van der Waals surface area contributed by atoms with Crippen molar-refractivity contribution >= 4 is 5.97 Å². The van der Waals surface area contributed by atoms with Crippen molar-refractivity contribution in [2.75, 3.05) is 0 Å². The van der Waals surface area contributed by atoms with Crippen LogP contribution < -0.4 is 4.74 Å². The van der Waals surface area contributed by atoms with Gasteiger partial charge in [0, 0.05) is 71.2 Å². The summed E-state index contributed by atoms with van der Waals surface area (Å²) in [4.78, 5) is 12.3. The van der Waals surface area contributed by atoms with Crippen LogP contribution in [-0.4, -0.2) is 5.97 Å². The minimum absolute atomic E-state index is 0. The molecule has 0 heterocycles. The molecular weight excluding hydrogens is 450 g/mol. The van der Waals surface area contributed by atoms with E-state index in [0.29, 0.717) is 5.75 Å². The zero-order chi connectivity index (χ0) is 15.4. The molecule has 2 aliphatic carbocycles. The van der Waals surface area contributed by atoms with E-state index in [-0.39, 0.29) is 77.3 Å². The van der Waals surface area contributed by atoms with E-state index in [0.717, 1.165) is 30.6 Å². The van der Waals surface area contributed by atoms with Gasteiger partial charge in [-0.2, -0.15) is 18.2 Å². The summed E-state index contributed by atoms with van der Waals surface area (Å²) < 4.78 is 5.49. The molecule has 0 saturated heterocycles. The maximum Gasteiger partial charge on any atom is 0.312 e. The van der Waals surface area contributed by atoms with Crippen LogP contribution in [-0.2, 0) is 70.2 Å². The van der Waals surface area contributed by atoms with Crippen LogP contribution in [0.4, 0.5) is 0 Å². The van der Waals surface area contributed by atoms with Gasteiger partial charge in [0.2, 0.25) is 0 Å². The van der Waals surface area contributed by atoms with E-state index in [9.17, 15) is 4.79 Å². The monoisotopic (exact) mass is 477 g/mol. The quantitative estimate of drug-likeness (QED) is 0.347. The van der Waals surface area contributed by atoms with Gasteiger partial charge in [-0.15, -0.1) is 12.1 Å².